The van der Waals surface area contributed by atoms with Gasteiger partial charge in [0.15, 0.2) is 0 Å². The summed E-state index contributed by atoms with van der Waals surface area (Å²) in [6, 6.07) is 11.2. The van der Waals surface area contributed by atoms with Gasteiger partial charge in [-0.2, -0.15) is 5.10 Å². The molecule has 3 N–H and O–H groups in total. The Morgan fingerprint density at radius 2 is 1.91 bits per heavy atom. The highest BCUT2D eigenvalue weighted by Gasteiger charge is 2.07. The zero-order chi connectivity index (χ0) is 16.8. The molecule has 120 valence electrons. The molecule has 0 bridgehead atoms. The molecule has 0 fully saturated rings. The van der Waals surface area contributed by atoms with Crippen LogP contribution in [0.5, 0.6) is 5.75 Å². The van der Waals surface area contributed by atoms with Crippen molar-refractivity contribution < 1.29 is 14.3 Å². The van der Waals surface area contributed by atoms with Gasteiger partial charge in [0.1, 0.15) is 11.6 Å². The molecule has 2 rings (SSSR count). The summed E-state index contributed by atoms with van der Waals surface area (Å²) < 4.78 is 13.2. The molecule has 0 saturated heterocycles. The van der Waals surface area contributed by atoms with Crippen molar-refractivity contribution in [1.29, 1.82) is 0 Å². The maximum absolute atomic E-state index is 13.2. The van der Waals surface area contributed by atoms with Crippen molar-refractivity contribution in [2.24, 2.45) is 5.10 Å². The third kappa shape index (κ3) is 4.81. The number of halogens is 1. The fraction of sp³-hybridized carbons (Fsp3) is 0.176. The molecular formula is C17H18FN3O2. The van der Waals surface area contributed by atoms with E-state index in [0.29, 0.717) is 5.71 Å². The molecule has 1 amide bonds. The number of benzene rings is 2. The second-order valence-corrected chi connectivity index (χ2v) is 5.11. The third-order valence-electron chi connectivity index (χ3n) is 3.20. The lowest BCUT2D eigenvalue weighted by Crippen LogP contribution is -2.26. The lowest BCUT2D eigenvalue weighted by atomic mass is 10.1. The number of nitrogens with zero attached hydrogens (tertiary/aromatic N) is 1. The van der Waals surface area contributed by atoms with Crippen molar-refractivity contribution in [3.05, 3.63) is 59.4 Å². The number of amides is 1. The Bertz CT molecular complexity index is 727. The van der Waals surface area contributed by atoms with Gasteiger partial charge >= 0.3 is 0 Å². The van der Waals surface area contributed by atoms with E-state index in [4.69, 9.17) is 0 Å². The number of carbonyl (C=O) groups excluding carboxylic acids is 1. The van der Waals surface area contributed by atoms with Crippen molar-refractivity contribution >= 4 is 17.3 Å². The summed E-state index contributed by atoms with van der Waals surface area (Å²) in [7, 11) is 0. The Balaban J connectivity index is 1.92. The number of aromatic hydroxyl groups is 1. The van der Waals surface area contributed by atoms with Crippen LogP contribution in [-0.4, -0.2) is 23.3 Å². The van der Waals surface area contributed by atoms with Gasteiger partial charge in [0.25, 0.3) is 5.91 Å². The van der Waals surface area contributed by atoms with Crippen LogP contribution in [0.4, 0.5) is 10.1 Å². The van der Waals surface area contributed by atoms with Crippen molar-refractivity contribution in [2.45, 2.75) is 13.8 Å². The first kappa shape index (κ1) is 16.5. The van der Waals surface area contributed by atoms with Crippen LogP contribution >= 0.6 is 0 Å². The molecule has 0 saturated carbocycles. The molecule has 0 aromatic heterocycles. The van der Waals surface area contributed by atoms with Crippen LogP contribution in [0.15, 0.2) is 47.6 Å². The second-order valence-electron chi connectivity index (χ2n) is 5.11. The van der Waals surface area contributed by atoms with E-state index < -0.39 is 5.82 Å². The zero-order valence-electron chi connectivity index (χ0n) is 12.9. The van der Waals surface area contributed by atoms with Gasteiger partial charge in [-0.15, -0.1) is 0 Å². The molecular weight excluding hydrogens is 297 g/mol. The summed E-state index contributed by atoms with van der Waals surface area (Å²) in [5.41, 5.74) is 4.87. The number of hydrogen-bond acceptors (Lipinski definition) is 4. The van der Waals surface area contributed by atoms with E-state index in [1.165, 1.54) is 6.07 Å². The maximum atomic E-state index is 13.2. The van der Waals surface area contributed by atoms with E-state index in [0.717, 1.165) is 23.4 Å². The summed E-state index contributed by atoms with van der Waals surface area (Å²) in [5.74, 6) is -0.930. The lowest BCUT2D eigenvalue weighted by Gasteiger charge is -2.07. The van der Waals surface area contributed by atoms with Crippen molar-refractivity contribution in [3.8, 4) is 5.75 Å². The Morgan fingerprint density at radius 1 is 1.22 bits per heavy atom. The number of rotatable bonds is 5. The minimum Gasteiger partial charge on any atom is -0.507 e. The average Bonchev–Trinajstić information content (AvgIpc) is 2.54. The zero-order valence-corrected chi connectivity index (χ0v) is 12.9. The van der Waals surface area contributed by atoms with Gasteiger partial charge in [-0.3, -0.25) is 4.79 Å². The summed E-state index contributed by atoms with van der Waals surface area (Å²) in [4.78, 5) is 11.8. The number of hydrogen-bond donors (Lipinski definition) is 3. The van der Waals surface area contributed by atoms with E-state index in [2.05, 4.69) is 15.8 Å². The molecule has 0 aliphatic heterocycles. The number of aryl methyl sites for hydroxylation is 1. The third-order valence-corrected chi connectivity index (χ3v) is 3.20. The average molecular weight is 315 g/mol. The minimum atomic E-state index is -0.486. The number of phenolic OH excluding ortho intramolecular Hbond substituents is 1. The predicted octanol–water partition coefficient (Wildman–Crippen LogP) is 2.79. The van der Waals surface area contributed by atoms with Crippen molar-refractivity contribution in [1.82, 2.24) is 5.43 Å². The predicted molar refractivity (Wildman–Crippen MR) is 88.1 cm³/mol. The van der Waals surface area contributed by atoms with Gasteiger partial charge < -0.3 is 10.4 Å². The molecule has 0 aliphatic rings. The smallest absolute Gasteiger partial charge is 0.259 e. The number of anilines is 1. The fourth-order valence-electron chi connectivity index (χ4n) is 1.90. The van der Waals surface area contributed by atoms with Gasteiger partial charge in [-0.05, 0) is 44.2 Å². The monoisotopic (exact) mass is 315 g/mol. The van der Waals surface area contributed by atoms with Gasteiger partial charge in [-0.25, -0.2) is 9.82 Å². The van der Waals surface area contributed by atoms with Gasteiger partial charge in [0, 0.05) is 11.3 Å². The molecule has 0 heterocycles. The van der Waals surface area contributed by atoms with Crippen LogP contribution in [-0.2, 0) is 4.79 Å². The molecule has 2 aromatic carbocycles. The van der Waals surface area contributed by atoms with Crippen LogP contribution in [0.25, 0.3) is 0 Å². The molecule has 5 nitrogen and oxygen atoms in total. The first-order valence-electron chi connectivity index (χ1n) is 7.08. The summed E-state index contributed by atoms with van der Waals surface area (Å²) in [6.07, 6.45) is 0. The van der Waals surface area contributed by atoms with Gasteiger partial charge in [0.2, 0.25) is 0 Å². The highest BCUT2D eigenvalue weighted by molar-refractivity contribution is 6.01. The van der Waals surface area contributed by atoms with Crippen LogP contribution in [0, 0.1) is 12.7 Å². The second kappa shape index (κ2) is 7.40. The standard InChI is InChI=1S/C17H18FN3O2/c1-11-3-6-14(7-4-11)19-10-17(23)21-20-12(2)15-9-13(18)5-8-16(15)22/h3-9,19,22H,10H2,1-2H3,(H,21,23)/b20-12+. The number of carbonyl (C=O) groups is 1. The van der Waals surface area contributed by atoms with Crippen molar-refractivity contribution in [3.63, 3.8) is 0 Å². The molecule has 0 radical (unpaired) electrons. The summed E-state index contributed by atoms with van der Waals surface area (Å²) in [6.45, 7) is 3.60. The molecule has 0 aliphatic carbocycles. The summed E-state index contributed by atoms with van der Waals surface area (Å²) in [5, 5.41) is 16.5. The van der Waals surface area contributed by atoms with Gasteiger partial charge in [-0.1, -0.05) is 17.7 Å². The van der Waals surface area contributed by atoms with Crippen LogP contribution in [0.2, 0.25) is 0 Å². The SMILES string of the molecule is C/C(=N\NC(=O)CNc1ccc(C)cc1)c1cc(F)ccc1O. The minimum absolute atomic E-state index is 0.0506. The Labute approximate surface area is 133 Å². The summed E-state index contributed by atoms with van der Waals surface area (Å²) >= 11 is 0. The highest BCUT2D eigenvalue weighted by atomic mass is 19.1. The topological polar surface area (TPSA) is 73.7 Å². The maximum Gasteiger partial charge on any atom is 0.259 e. The first-order valence-corrected chi connectivity index (χ1v) is 7.08. The Morgan fingerprint density at radius 3 is 2.61 bits per heavy atom. The molecule has 0 spiro atoms. The van der Waals surface area contributed by atoms with E-state index >= 15 is 0 Å². The molecule has 0 atom stereocenters. The lowest BCUT2D eigenvalue weighted by molar-refractivity contribution is -0.119. The normalized spacial score (nSPS) is 11.2. The van der Waals surface area contributed by atoms with E-state index in [1.807, 2.05) is 31.2 Å². The quantitative estimate of drug-likeness (QED) is 0.587. The number of phenols is 1. The van der Waals surface area contributed by atoms with Gasteiger partial charge in [0.05, 0.1) is 12.3 Å². The van der Waals surface area contributed by atoms with Crippen LogP contribution in [0.3, 0.4) is 0 Å². The molecule has 23 heavy (non-hydrogen) atoms. The Kier molecular flexibility index (Phi) is 5.30. The molecule has 2 aromatic rings. The van der Waals surface area contributed by atoms with Crippen LogP contribution < -0.4 is 10.7 Å². The van der Waals surface area contributed by atoms with E-state index in [-0.39, 0.29) is 23.8 Å². The molecule has 6 heteroatoms. The highest BCUT2D eigenvalue weighted by Crippen LogP contribution is 2.18. The fourth-order valence-corrected chi connectivity index (χ4v) is 1.90. The largest absolute Gasteiger partial charge is 0.507 e. The van der Waals surface area contributed by atoms with Crippen LogP contribution in [0.1, 0.15) is 18.1 Å². The molecule has 0 unspecified atom stereocenters. The first-order chi connectivity index (χ1) is 11.0. The number of hydrazone groups is 1. The van der Waals surface area contributed by atoms with Crippen molar-refractivity contribution in [2.75, 3.05) is 11.9 Å². The van der Waals surface area contributed by atoms with E-state index in [1.54, 1.807) is 6.92 Å². The number of nitrogens with one attached hydrogen (secondary N) is 2. The Hall–Kier alpha value is -2.89. The van der Waals surface area contributed by atoms with E-state index in [9.17, 15) is 14.3 Å².